The zero-order valence-electron chi connectivity index (χ0n) is 13.5. The Morgan fingerprint density at radius 1 is 1.28 bits per heavy atom. The van der Waals surface area contributed by atoms with Gasteiger partial charge in [-0.2, -0.15) is 0 Å². The van der Waals surface area contributed by atoms with Crippen LogP contribution in [0, 0.1) is 5.82 Å². The molecule has 25 heavy (non-hydrogen) atoms. The maximum Gasteiger partial charge on any atom is 0.258 e. The monoisotopic (exact) mass is 344 g/mol. The first-order valence-electron chi connectivity index (χ1n) is 7.93. The summed E-state index contributed by atoms with van der Waals surface area (Å²) in [6.45, 7) is 0.606. The minimum Gasteiger partial charge on any atom is -0.489 e. The lowest BCUT2D eigenvalue weighted by atomic mass is 9.98. The molecule has 4 nitrogen and oxygen atoms in total. The van der Waals surface area contributed by atoms with Gasteiger partial charge in [-0.05, 0) is 48.4 Å². The van der Waals surface area contributed by atoms with Crippen LogP contribution in [-0.4, -0.2) is 25.6 Å². The average molecular weight is 344 g/mol. The van der Waals surface area contributed by atoms with Gasteiger partial charge in [-0.15, -0.1) is 0 Å². The first kappa shape index (κ1) is 17.1. The fraction of sp³-hybridized carbons (Fsp3) is 0.211. The van der Waals surface area contributed by atoms with Crippen LogP contribution in [0.4, 0.5) is 14.5 Å². The molecule has 0 aromatic heterocycles. The molecule has 0 aliphatic carbocycles. The average Bonchev–Trinajstić information content (AvgIpc) is 2.63. The van der Waals surface area contributed by atoms with Gasteiger partial charge in [-0.1, -0.05) is 6.07 Å². The lowest BCUT2D eigenvalue weighted by molar-refractivity contribution is 0.0980. The zero-order valence-corrected chi connectivity index (χ0v) is 13.5. The molecular weight excluding hydrogens is 326 g/mol. The molecule has 0 saturated heterocycles. The Balaban J connectivity index is 1.78. The molecule has 0 spiro atoms. The standard InChI is InChI=1S/C19H18F2N2O2/c20-10-13(11-22)12-25-17-4-5-18-14(8-17)6-7-23(19(18)24)16-3-1-2-15(21)9-16/h1-5,8-10H,6-7,11-12,22H2/b13-10+. The van der Waals surface area contributed by atoms with Crippen molar-refractivity contribution in [2.75, 3.05) is 24.6 Å². The van der Waals surface area contributed by atoms with Gasteiger partial charge in [0, 0.05) is 29.9 Å². The first-order valence-corrected chi connectivity index (χ1v) is 7.93. The minimum absolute atomic E-state index is 0.0646. The molecular formula is C19H18F2N2O2. The highest BCUT2D eigenvalue weighted by Gasteiger charge is 2.26. The van der Waals surface area contributed by atoms with Gasteiger partial charge in [0.25, 0.3) is 5.91 Å². The van der Waals surface area contributed by atoms with E-state index in [1.807, 2.05) is 0 Å². The van der Waals surface area contributed by atoms with Crippen molar-refractivity contribution in [1.29, 1.82) is 0 Å². The number of carbonyl (C=O) groups excluding carboxylic acids is 1. The largest absolute Gasteiger partial charge is 0.489 e. The number of hydrogen-bond acceptors (Lipinski definition) is 3. The van der Waals surface area contributed by atoms with E-state index in [1.54, 1.807) is 35.2 Å². The van der Waals surface area contributed by atoms with Crippen molar-refractivity contribution in [3.8, 4) is 5.75 Å². The van der Waals surface area contributed by atoms with Crippen LogP contribution in [0.5, 0.6) is 5.75 Å². The summed E-state index contributed by atoms with van der Waals surface area (Å²) in [6.07, 6.45) is 1.07. The number of hydrogen-bond donors (Lipinski definition) is 1. The molecule has 0 fully saturated rings. The summed E-state index contributed by atoms with van der Waals surface area (Å²) in [5.74, 6) is -0.000253. The second-order valence-electron chi connectivity index (χ2n) is 5.77. The van der Waals surface area contributed by atoms with Gasteiger partial charge >= 0.3 is 0 Å². The molecule has 1 aliphatic rings. The van der Waals surface area contributed by atoms with E-state index in [0.29, 0.717) is 41.9 Å². The molecule has 2 N–H and O–H groups in total. The summed E-state index contributed by atoms with van der Waals surface area (Å²) in [4.78, 5) is 14.2. The second-order valence-corrected chi connectivity index (χ2v) is 5.77. The highest BCUT2D eigenvalue weighted by molar-refractivity contribution is 6.08. The van der Waals surface area contributed by atoms with E-state index >= 15 is 0 Å². The van der Waals surface area contributed by atoms with Crippen molar-refractivity contribution >= 4 is 11.6 Å². The molecule has 2 aromatic rings. The lowest BCUT2D eigenvalue weighted by Crippen LogP contribution is -2.37. The predicted molar refractivity (Wildman–Crippen MR) is 92.0 cm³/mol. The molecule has 1 amide bonds. The summed E-state index contributed by atoms with van der Waals surface area (Å²) in [5.41, 5.74) is 7.70. The summed E-state index contributed by atoms with van der Waals surface area (Å²) >= 11 is 0. The molecule has 3 rings (SSSR count). The number of ether oxygens (including phenoxy) is 1. The molecule has 0 saturated carbocycles. The van der Waals surface area contributed by atoms with Crippen LogP contribution in [0.2, 0.25) is 0 Å². The highest BCUT2D eigenvalue weighted by Crippen LogP contribution is 2.27. The van der Waals surface area contributed by atoms with Crippen LogP contribution in [0.15, 0.2) is 54.4 Å². The quantitative estimate of drug-likeness (QED) is 0.906. The van der Waals surface area contributed by atoms with Crippen LogP contribution in [0.25, 0.3) is 0 Å². The Morgan fingerprint density at radius 2 is 2.12 bits per heavy atom. The summed E-state index contributed by atoms with van der Waals surface area (Å²) in [7, 11) is 0. The van der Waals surface area contributed by atoms with Gasteiger partial charge in [-0.3, -0.25) is 4.79 Å². The molecule has 1 aliphatic heterocycles. The van der Waals surface area contributed by atoms with E-state index in [1.165, 1.54) is 12.1 Å². The third-order valence-corrected chi connectivity index (χ3v) is 4.12. The van der Waals surface area contributed by atoms with Crippen molar-refractivity contribution in [1.82, 2.24) is 0 Å². The smallest absolute Gasteiger partial charge is 0.258 e. The maximum absolute atomic E-state index is 13.4. The van der Waals surface area contributed by atoms with Crippen LogP contribution >= 0.6 is 0 Å². The van der Waals surface area contributed by atoms with E-state index in [4.69, 9.17) is 10.5 Å². The van der Waals surface area contributed by atoms with E-state index < -0.39 is 0 Å². The van der Waals surface area contributed by atoms with Gasteiger partial charge in [-0.25, -0.2) is 8.78 Å². The number of benzene rings is 2. The Kier molecular flexibility index (Phi) is 5.09. The normalized spacial score (nSPS) is 14.4. The van der Waals surface area contributed by atoms with Gasteiger partial charge in [0.05, 0.1) is 6.33 Å². The topological polar surface area (TPSA) is 55.6 Å². The van der Waals surface area contributed by atoms with Gasteiger partial charge in [0.1, 0.15) is 18.2 Å². The van der Waals surface area contributed by atoms with Gasteiger partial charge in [0.2, 0.25) is 0 Å². The van der Waals surface area contributed by atoms with Crippen molar-refractivity contribution in [3.05, 3.63) is 71.3 Å². The number of anilines is 1. The number of amides is 1. The van der Waals surface area contributed by atoms with Crippen LogP contribution in [-0.2, 0) is 6.42 Å². The number of fused-ring (bicyclic) bond motifs is 1. The van der Waals surface area contributed by atoms with Crippen LogP contribution in [0.1, 0.15) is 15.9 Å². The fourth-order valence-electron chi connectivity index (χ4n) is 2.76. The van der Waals surface area contributed by atoms with Gasteiger partial charge < -0.3 is 15.4 Å². The predicted octanol–water partition coefficient (Wildman–Crippen LogP) is 3.22. The van der Waals surface area contributed by atoms with Crippen LogP contribution < -0.4 is 15.4 Å². The first-order chi connectivity index (χ1) is 12.1. The number of halogens is 2. The number of rotatable bonds is 5. The number of nitrogens with two attached hydrogens (primary N) is 1. The molecule has 0 unspecified atom stereocenters. The van der Waals surface area contributed by atoms with Crippen molar-refractivity contribution < 1.29 is 18.3 Å². The molecule has 1 heterocycles. The number of carbonyl (C=O) groups is 1. The van der Waals surface area contributed by atoms with Crippen molar-refractivity contribution in [2.45, 2.75) is 6.42 Å². The Hall–Kier alpha value is -2.73. The fourth-order valence-corrected chi connectivity index (χ4v) is 2.76. The minimum atomic E-state index is -0.378. The molecule has 2 aromatic carbocycles. The highest BCUT2D eigenvalue weighted by atomic mass is 19.1. The molecule has 0 atom stereocenters. The third kappa shape index (κ3) is 3.69. The number of nitrogens with zero attached hydrogens (tertiary/aromatic N) is 1. The third-order valence-electron chi connectivity index (χ3n) is 4.12. The van der Waals surface area contributed by atoms with E-state index in [-0.39, 0.29) is 24.9 Å². The van der Waals surface area contributed by atoms with E-state index in [2.05, 4.69) is 0 Å². The molecule has 6 heteroatoms. The van der Waals surface area contributed by atoms with Crippen molar-refractivity contribution in [2.24, 2.45) is 5.73 Å². The molecule has 0 bridgehead atoms. The summed E-state index contributed by atoms with van der Waals surface area (Å²) in [5, 5.41) is 0. The molecule has 130 valence electrons. The Morgan fingerprint density at radius 3 is 2.84 bits per heavy atom. The second kappa shape index (κ2) is 7.44. The van der Waals surface area contributed by atoms with E-state index in [0.717, 1.165) is 5.56 Å². The molecule has 0 radical (unpaired) electrons. The SMILES string of the molecule is NC/C(=C\F)COc1ccc2c(c1)CCN(c1cccc(F)c1)C2=O. The van der Waals surface area contributed by atoms with Crippen molar-refractivity contribution in [3.63, 3.8) is 0 Å². The Bertz CT molecular complexity index is 821. The maximum atomic E-state index is 13.4. The Labute approximate surface area is 144 Å². The summed E-state index contributed by atoms with van der Waals surface area (Å²) < 4.78 is 31.4. The lowest BCUT2D eigenvalue weighted by Gasteiger charge is -2.29. The van der Waals surface area contributed by atoms with E-state index in [9.17, 15) is 13.6 Å². The van der Waals surface area contributed by atoms with Crippen LogP contribution in [0.3, 0.4) is 0 Å². The zero-order chi connectivity index (χ0) is 17.8. The summed E-state index contributed by atoms with van der Waals surface area (Å²) in [6, 6.07) is 11.1. The van der Waals surface area contributed by atoms with Gasteiger partial charge in [0.15, 0.2) is 0 Å².